The molecule has 0 saturated heterocycles. The summed E-state index contributed by atoms with van der Waals surface area (Å²) in [5, 5.41) is 0. The summed E-state index contributed by atoms with van der Waals surface area (Å²) >= 11 is 0. The third kappa shape index (κ3) is 4.64. The summed E-state index contributed by atoms with van der Waals surface area (Å²) in [6.07, 6.45) is 4.56. The topological polar surface area (TPSA) is 30.0 Å². The van der Waals surface area contributed by atoms with E-state index >= 15 is 0 Å². The molecule has 2 heteroatoms. The van der Waals surface area contributed by atoms with E-state index < -0.39 is 0 Å². The number of carbonyl (C=O) groups is 1. The van der Waals surface area contributed by atoms with Crippen LogP contribution in [0.3, 0.4) is 0 Å². The number of aryl methyl sites for hydroxylation is 5. The van der Waals surface area contributed by atoms with E-state index in [0.717, 1.165) is 29.8 Å². The largest absolute Gasteiger partial charge is 0.300 e. The molecule has 24 heavy (non-hydrogen) atoms. The van der Waals surface area contributed by atoms with Crippen molar-refractivity contribution < 1.29 is 4.79 Å². The minimum absolute atomic E-state index is 0.203. The highest BCUT2D eigenvalue weighted by molar-refractivity contribution is 5.89. The van der Waals surface area contributed by atoms with E-state index in [0.29, 0.717) is 6.42 Å². The first kappa shape index (κ1) is 18.1. The maximum absolute atomic E-state index is 11.4. The summed E-state index contributed by atoms with van der Waals surface area (Å²) in [6, 6.07) is 10.8. The summed E-state index contributed by atoms with van der Waals surface area (Å²) in [6.45, 7) is 9.88. The van der Waals surface area contributed by atoms with E-state index in [4.69, 9.17) is 0 Å². The Hall–Kier alpha value is -2.22. The third-order valence-corrected chi connectivity index (χ3v) is 4.44. The number of nitrogens with zero attached hydrogens (tertiary/aromatic N) is 1. The van der Waals surface area contributed by atoms with Crippen molar-refractivity contribution in [2.45, 2.75) is 53.9 Å². The van der Waals surface area contributed by atoms with Crippen LogP contribution in [0.4, 0.5) is 0 Å². The second-order valence-corrected chi connectivity index (χ2v) is 6.54. The number of allylic oxidation sites excluding steroid dienone is 2. The van der Waals surface area contributed by atoms with E-state index in [1.807, 2.05) is 19.9 Å². The van der Waals surface area contributed by atoms with Gasteiger partial charge in [-0.05, 0) is 81.4 Å². The molecule has 2 nitrogen and oxygen atoms in total. The molecule has 1 heterocycles. The molecule has 2 aromatic rings. The monoisotopic (exact) mass is 321 g/mol. The van der Waals surface area contributed by atoms with Gasteiger partial charge >= 0.3 is 0 Å². The fraction of sp³-hybridized carbons (Fsp3) is 0.364. The third-order valence-electron chi connectivity index (χ3n) is 4.44. The van der Waals surface area contributed by atoms with E-state index in [9.17, 15) is 4.79 Å². The van der Waals surface area contributed by atoms with Gasteiger partial charge in [0.2, 0.25) is 0 Å². The number of hydrogen-bond donors (Lipinski definition) is 0. The van der Waals surface area contributed by atoms with Gasteiger partial charge in [0.25, 0.3) is 0 Å². The smallest absolute Gasteiger partial charge is 0.134 e. The minimum atomic E-state index is 0.203. The van der Waals surface area contributed by atoms with Gasteiger partial charge in [0.05, 0.1) is 0 Å². The quantitative estimate of drug-likeness (QED) is 0.734. The normalized spacial score (nSPS) is 11.6. The molecule has 0 atom stereocenters. The molecular formula is C22H27NO. The Bertz CT molecular complexity index is 772. The summed E-state index contributed by atoms with van der Waals surface area (Å²) in [4.78, 5) is 16.0. The van der Waals surface area contributed by atoms with Gasteiger partial charge in [-0.25, -0.2) is 0 Å². The maximum Gasteiger partial charge on any atom is 0.134 e. The predicted molar refractivity (Wildman–Crippen MR) is 101 cm³/mol. The molecular weight excluding hydrogens is 294 g/mol. The molecule has 1 aromatic carbocycles. The molecule has 0 bridgehead atoms. The number of rotatable bonds is 6. The number of carbonyl (C=O) groups excluding carboxylic acids is 1. The van der Waals surface area contributed by atoms with Gasteiger partial charge in [-0.15, -0.1) is 0 Å². The van der Waals surface area contributed by atoms with Crippen LogP contribution in [0.15, 0.2) is 36.4 Å². The second-order valence-electron chi connectivity index (χ2n) is 6.54. The summed E-state index contributed by atoms with van der Waals surface area (Å²) in [5.41, 5.74) is 8.37. The molecule has 0 saturated carbocycles. The van der Waals surface area contributed by atoms with Gasteiger partial charge in [0, 0.05) is 17.8 Å². The van der Waals surface area contributed by atoms with Crippen LogP contribution < -0.4 is 0 Å². The van der Waals surface area contributed by atoms with Crippen molar-refractivity contribution in [3.63, 3.8) is 0 Å². The minimum Gasteiger partial charge on any atom is -0.300 e. The zero-order valence-corrected chi connectivity index (χ0v) is 15.4. The van der Waals surface area contributed by atoms with Crippen molar-refractivity contribution >= 4 is 11.4 Å². The Morgan fingerprint density at radius 2 is 1.83 bits per heavy atom. The lowest BCUT2D eigenvalue weighted by atomic mass is 9.93. The highest BCUT2D eigenvalue weighted by atomic mass is 16.1. The first-order valence-electron chi connectivity index (χ1n) is 8.58. The van der Waals surface area contributed by atoms with Crippen molar-refractivity contribution in [2.24, 2.45) is 0 Å². The van der Waals surface area contributed by atoms with Crippen LogP contribution in [0, 0.1) is 20.8 Å². The van der Waals surface area contributed by atoms with Crippen molar-refractivity contribution in [1.29, 1.82) is 0 Å². The molecule has 0 spiro atoms. The molecule has 0 aliphatic heterocycles. The number of Topliss-reactive ketones (excluding diaryl/α,β-unsaturated/α-hetero) is 1. The van der Waals surface area contributed by atoms with E-state index in [1.165, 1.54) is 22.3 Å². The van der Waals surface area contributed by atoms with Crippen molar-refractivity contribution in [3.8, 4) is 0 Å². The van der Waals surface area contributed by atoms with Gasteiger partial charge < -0.3 is 0 Å². The number of aromatic nitrogens is 1. The van der Waals surface area contributed by atoms with Gasteiger partial charge in [0.1, 0.15) is 5.78 Å². The average molecular weight is 321 g/mol. The summed E-state index contributed by atoms with van der Waals surface area (Å²) < 4.78 is 0. The molecule has 0 unspecified atom stereocenters. The van der Waals surface area contributed by atoms with Crippen LogP contribution in [0.1, 0.15) is 53.9 Å². The van der Waals surface area contributed by atoms with Crippen molar-refractivity contribution in [1.82, 2.24) is 4.98 Å². The Morgan fingerprint density at radius 1 is 1.08 bits per heavy atom. The zero-order chi connectivity index (χ0) is 17.7. The number of hydrogen-bond acceptors (Lipinski definition) is 2. The van der Waals surface area contributed by atoms with Crippen LogP contribution in [0.25, 0.3) is 5.57 Å². The van der Waals surface area contributed by atoms with Crippen LogP contribution in [0.2, 0.25) is 0 Å². The standard InChI is InChI=1S/C22H27NO/c1-6-20(14-17(4)24)22-12-9-19(13-15(22)2)8-11-21-10-7-16(3)23-18(21)5/h6-7,9-10,12-13H,8,11,14H2,1-5H3/b20-6-. The Balaban J connectivity index is 2.13. The highest BCUT2D eigenvalue weighted by Crippen LogP contribution is 2.24. The fourth-order valence-electron chi connectivity index (χ4n) is 3.12. The molecule has 0 aliphatic carbocycles. The lowest BCUT2D eigenvalue weighted by Gasteiger charge is -2.12. The number of ketones is 1. The molecule has 0 radical (unpaired) electrons. The summed E-state index contributed by atoms with van der Waals surface area (Å²) in [5.74, 6) is 0.203. The summed E-state index contributed by atoms with van der Waals surface area (Å²) in [7, 11) is 0. The van der Waals surface area contributed by atoms with Gasteiger partial charge in [-0.2, -0.15) is 0 Å². The Morgan fingerprint density at radius 3 is 2.42 bits per heavy atom. The van der Waals surface area contributed by atoms with Crippen LogP contribution in [-0.4, -0.2) is 10.8 Å². The Labute approximate surface area is 145 Å². The number of pyridine rings is 1. The second kappa shape index (κ2) is 8.05. The van der Waals surface area contributed by atoms with E-state index in [-0.39, 0.29) is 5.78 Å². The maximum atomic E-state index is 11.4. The first-order chi connectivity index (χ1) is 11.4. The molecule has 0 fully saturated rings. The number of benzene rings is 1. The van der Waals surface area contributed by atoms with Gasteiger partial charge in [0.15, 0.2) is 0 Å². The van der Waals surface area contributed by atoms with E-state index in [1.54, 1.807) is 6.92 Å². The van der Waals surface area contributed by atoms with Crippen LogP contribution in [-0.2, 0) is 17.6 Å². The van der Waals surface area contributed by atoms with Crippen molar-refractivity contribution in [3.05, 3.63) is 70.0 Å². The van der Waals surface area contributed by atoms with Gasteiger partial charge in [-0.3, -0.25) is 9.78 Å². The van der Waals surface area contributed by atoms with Crippen LogP contribution in [0.5, 0.6) is 0 Å². The fourth-order valence-corrected chi connectivity index (χ4v) is 3.12. The zero-order valence-electron chi connectivity index (χ0n) is 15.4. The average Bonchev–Trinajstić information content (AvgIpc) is 2.52. The molecule has 0 aliphatic rings. The predicted octanol–water partition coefficient (Wildman–Crippen LogP) is 5.17. The van der Waals surface area contributed by atoms with Gasteiger partial charge in [-0.1, -0.05) is 30.3 Å². The molecule has 1 aromatic heterocycles. The molecule has 0 N–H and O–H groups in total. The van der Waals surface area contributed by atoms with E-state index in [2.05, 4.69) is 49.2 Å². The van der Waals surface area contributed by atoms with Crippen molar-refractivity contribution in [2.75, 3.05) is 0 Å². The lowest BCUT2D eigenvalue weighted by molar-refractivity contribution is -0.116. The van der Waals surface area contributed by atoms with Crippen LogP contribution >= 0.6 is 0 Å². The molecule has 126 valence electrons. The SMILES string of the molecule is C/C=C(/CC(C)=O)c1ccc(CCc2ccc(C)nc2C)cc1C. The molecule has 2 rings (SSSR count). The molecule has 0 amide bonds. The highest BCUT2D eigenvalue weighted by Gasteiger charge is 2.08. The first-order valence-corrected chi connectivity index (χ1v) is 8.58. The Kier molecular flexibility index (Phi) is 6.08. The lowest BCUT2D eigenvalue weighted by Crippen LogP contribution is -2.00.